The summed E-state index contributed by atoms with van der Waals surface area (Å²) >= 11 is 0. The second-order valence-electron chi connectivity index (χ2n) is 6.86. The molecule has 3 rings (SSSR count). The normalized spacial score (nSPS) is 31.6. The van der Waals surface area contributed by atoms with Crippen LogP contribution in [0, 0.1) is 5.41 Å². The maximum absolute atomic E-state index is 12.7. The van der Waals surface area contributed by atoms with E-state index in [1.807, 2.05) is 0 Å². The van der Waals surface area contributed by atoms with Crippen molar-refractivity contribution < 1.29 is 14.6 Å². The van der Waals surface area contributed by atoms with E-state index in [-0.39, 0.29) is 29.6 Å². The molecule has 2 N–H and O–H groups in total. The fourth-order valence-electron chi connectivity index (χ4n) is 4.80. The van der Waals surface area contributed by atoms with Crippen LogP contribution in [0.3, 0.4) is 0 Å². The van der Waals surface area contributed by atoms with Crippen LogP contribution < -0.4 is 5.32 Å². The van der Waals surface area contributed by atoms with Gasteiger partial charge in [0.05, 0.1) is 30.3 Å². The van der Waals surface area contributed by atoms with Gasteiger partial charge in [-0.05, 0) is 25.7 Å². The third-order valence-corrected chi connectivity index (χ3v) is 5.69. The van der Waals surface area contributed by atoms with E-state index in [0.29, 0.717) is 6.61 Å². The molecule has 0 aromatic carbocycles. The molecule has 2 saturated carbocycles. The van der Waals surface area contributed by atoms with E-state index in [9.17, 15) is 4.79 Å². The molecule has 3 fully saturated rings. The van der Waals surface area contributed by atoms with E-state index < -0.39 is 0 Å². The van der Waals surface area contributed by atoms with Gasteiger partial charge in [-0.25, -0.2) is 0 Å². The van der Waals surface area contributed by atoms with Crippen LogP contribution in [0.25, 0.3) is 0 Å². The first-order valence-electron chi connectivity index (χ1n) is 8.29. The highest BCUT2D eigenvalue weighted by Gasteiger charge is 2.62. The SMILES string of the molecule is O=C1NC2(CCCCC2)C(OCCO)C12CCCCC2. The standard InChI is InChI=1S/C16H27NO3/c18-11-12-20-13-15(7-3-1-4-8-15)14(19)17-16(13)9-5-2-6-10-16/h13,18H,1-12H2,(H,17,19). The third-order valence-electron chi connectivity index (χ3n) is 5.69. The average Bonchev–Trinajstić information content (AvgIpc) is 2.68. The minimum absolute atomic E-state index is 0.0322. The molecule has 0 aromatic rings. The van der Waals surface area contributed by atoms with E-state index in [1.165, 1.54) is 25.7 Å². The van der Waals surface area contributed by atoms with E-state index in [1.54, 1.807) is 0 Å². The van der Waals surface area contributed by atoms with Crippen LogP contribution in [0.1, 0.15) is 64.2 Å². The molecule has 1 atom stereocenters. The zero-order valence-corrected chi connectivity index (χ0v) is 12.3. The molecule has 3 aliphatic rings. The van der Waals surface area contributed by atoms with E-state index in [0.717, 1.165) is 38.5 Å². The Hall–Kier alpha value is -0.610. The molecule has 0 radical (unpaired) electrons. The summed E-state index contributed by atoms with van der Waals surface area (Å²) in [5, 5.41) is 12.5. The molecule has 2 spiro atoms. The molecule has 1 heterocycles. The van der Waals surface area contributed by atoms with Gasteiger partial charge in [-0.15, -0.1) is 0 Å². The maximum atomic E-state index is 12.7. The van der Waals surface area contributed by atoms with Crippen molar-refractivity contribution >= 4 is 5.91 Å². The van der Waals surface area contributed by atoms with Gasteiger partial charge in [0.2, 0.25) is 5.91 Å². The van der Waals surface area contributed by atoms with Crippen LogP contribution >= 0.6 is 0 Å². The number of carbonyl (C=O) groups excluding carboxylic acids is 1. The summed E-state index contributed by atoms with van der Waals surface area (Å²) in [7, 11) is 0. The Morgan fingerprint density at radius 1 is 1.05 bits per heavy atom. The van der Waals surface area contributed by atoms with Crippen molar-refractivity contribution in [2.45, 2.75) is 75.9 Å². The molecule has 1 unspecified atom stereocenters. The van der Waals surface area contributed by atoms with Crippen molar-refractivity contribution in [2.75, 3.05) is 13.2 Å². The first-order chi connectivity index (χ1) is 9.73. The van der Waals surface area contributed by atoms with Gasteiger partial charge in [0.15, 0.2) is 0 Å². The molecule has 1 aliphatic heterocycles. The number of carbonyl (C=O) groups is 1. The number of hydrogen-bond acceptors (Lipinski definition) is 3. The predicted octanol–water partition coefficient (Wildman–Crippen LogP) is 2.15. The molecule has 114 valence electrons. The van der Waals surface area contributed by atoms with Crippen LogP contribution in [-0.4, -0.2) is 35.9 Å². The van der Waals surface area contributed by atoms with E-state index in [4.69, 9.17) is 9.84 Å². The number of ether oxygens (including phenoxy) is 1. The Labute approximate surface area is 121 Å². The average molecular weight is 281 g/mol. The highest BCUT2D eigenvalue weighted by atomic mass is 16.5. The van der Waals surface area contributed by atoms with Crippen LogP contribution in [0.15, 0.2) is 0 Å². The zero-order valence-electron chi connectivity index (χ0n) is 12.3. The molecule has 0 aromatic heterocycles. The number of nitrogens with one attached hydrogen (secondary N) is 1. The zero-order chi connectivity index (χ0) is 14.1. The summed E-state index contributed by atoms with van der Waals surface area (Å²) in [5.74, 6) is 0.224. The van der Waals surface area contributed by atoms with Gasteiger partial charge < -0.3 is 15.2 Å². The minimum Gasteiger partial charge on any atom is -0.394 e. The van der Waals surface area contributed by atoms with Crippen molar-refractivity contribution in [2.24, 2.45) is 5.41 Å². The van der Waals surface area contributed by atoms with Crippen LogP contribution in [0.2, 0.25) is 0 Å². The summed E-state index contributed by atoms with van der Waals surface area (Å²) in [6, 6.07) is 0. The highest BCUT2D eigenvalue weighted by molar-refractivity contribution is 5.87. The predicted molar refractivity (Wildman–Crippen MR) is 76.3 cm³/mol. The highest BCUT2D eigenvalue weighted by Crippen LogP contribution is 2.52. The fourth-order valence-corrected chi connectivity index (χ4v) is 4.80. The number of amides is 1. The van der Waals surface area contributed by atoms with Gasteiger partial charge >= 0.3 is 0 Å². The Kier molecular flexibility index (Phi) is 4.04. The van der Waals surface area contributed by atoms with Crippen LogP contribution in [0.4, 0.5) is 0 Å². The van der Waals surface area contributed by atoms with Crippen molar-refractivity contribution in [3.8, 4) is 0 Å². The Morgan fingerprint density at radius 2 is 1.65 bits per heavy atom. The van der Waals surface area contributed by atoms with Gasteiger partial charge in [0.1, 0.15) is 0 Å². The molecular formula is C16H27NO3. The van der Waals surface area contributed by atoms with Crippen molar-refractivity contribution in [3.63, 3.8) is 0 Å². The number of aliphatic hydroxyl groups is 1. The van der Waals surface area contributed by atoms with Crippen LogP contribution in [0.5, 0.6) is 0 Å². The van der Waals surface area contributed by atoms with Gasteiger partial charge in [0.25, 0.3) is 0 Å². The Bertz CT molecular complexity index is 357. The molecule has 2 aliphatic carbocycles. The summed E-state index contributed by atoms with van der Waals surface area (Å²) in [6.45, 7) is 0.389. The number of aliphatic hydroxyl groups excluding tert-OH is 1. The van der Waals surface area contributed by atoms with Crippen molar-refractivity contribution in [1.29, 1.82) is 0 Å². The molecule has 4 nitrogen and oxygen atoms in total. The van der Waals surface area contributed by atoms with Crippen molar-refractivity contribution in [1.82, 2.24) is 5.32 Å². The maximum Gasteiger partial charge on any atom is 0.229 e. The molecule has 20 heavy (non-hydrogen) atoms. The number of hydrogen-bond donors (Lipinski definition) is 2. The lowest BCUT2D eigenvalue weighted by atomic mass is 9.65. The first kappa shape index (κ1) is 14.3. The summed E-state index contributed by atoms with van der Waals surface area (Å²) in [4.78, 5) is 12.7. The lowest BCUT2D eigenvalue weighted by molar-refractivity contribution is -0.137. The monoisotopic (exact) mass is 281 g/mol. The van der Waals surface area contributed by atoms with Crippen molar-refractivity contribution in [3.05, 3.63) is 0 Å². The fraction of sp³-hybridized carbons (Fsp3) is 0.938. The van der Waals surface area contributed by atoms with Crippen LogP contribution in [-0.2, 0) is 9.53 Å². The lowest BCUT2D eigenvalue weighted by Crippen LogP contribution is -2.53. The van der Waals surface area contributed by atoms with Gasteiger partial charge in [-0.2, -0.15) is 0 Å². The molecule has 1 saturated heterocycles. The summed E-state index contributed by atoms with van der Waals surface area (Å²) in [5.41, 5.74) is -0.466. The Morgan fingerprint density at radius 3 is 2.25 bits per heavy atom. The van der Waals surface area contributed by atoms with E-state index in [2.05, 4.69) is 5.32 Å². The Balaban J connectivity index is 1.89. The van der Waals surface area contributed by atoms with E-state index >= 15 is 0 Å². The minimum atomic E-state index is -0.315. The second kappa shape index (κ2) is 5.64. The van der Waals surface area contributed by atoms with Gasteiger partial charge in [-0.1, -0.05) is 38.5 Å². The second-order valence-corrected chi connectivity index (χ2v) is 6.86. The molecular weight excluding hydrogens is 254 g/mol. The first-order valence-corrected chi connectivity index (χ1v) is 8.29. The largest absolute Gasteiger partial charge is 0.394 e. The molecule has 1 amide bonds. The molecule has 0 bridgehead atoms. The summed E-state index contributed by atoms with van der Waals surface area (Å²) < 4.78 is 6.08. The summed E-state index contributed by atoms with van der Waals surface area (Å²) in [6.07, 6.45) is 11.1. The quantitative estimate of drug-likeness (QED) is 0.833. The van der Waals surface area contributed by atoms with Gasteiger partial charge in [0, 0.05) is 0 Å². The lowest BCUT2D eigenvalue weighted by Gasteiger charge is -2.43. The van der Waals surface area contributed by atoms with Gasteiger partial charge in [-0.3, -0.25) is 4.79 Å². The number of rotatable bonds is 3. The third kappa shape index (κ3) is 2.17. The smallest absolute Gasteiger partial charge is 0.229 e. The topological polar surface area (TPSA) is 58.6 Å². The molecule has 4 heteroatoms.